The maximum absolute atomic E-state index is 13.4. The summed E-state index contributed by atoms with van der Waals surface area (Å²) in [4.78, 5) is 28.5. The van der Waals surface area contributed by atoms with E-state index in [1.807, 2.05) is 36.4 Å². The molecular weight excluding hydrogens is 532 g/mol. The molecule has 40 heavy (non-hydrogen) atoms. The van der Waals surface area contributed by atoms with Gasteiger partial charge in [-0.05, 0) is 65.7 Å². The van der Waals surface area contributed by atoms with Crippen molar-refractivity contribution in [2.75, 3.05) is 0 Å². The zero-order valence-corrected chi connectivity index (χ0v) is 21.5. The largest absolute Gasteiger partial charge is 0.487 e. The average Bonchev–Trinajstić information content (AvgIpc) is 3.41. The number of nitro benzene ring substituents is 1. The number of benzene rings is 4. The Morgan fingerprint density at radius 2 is 1.77 bits per heavy atom. The van der Waals surface area contributed by atoms with Crippen LogP contribution in [-0.2, 0) is 6.61 Å². The highest BCUT2D eigenvalue weighted by Gasteiger charge is 2.16. The molecule has 0 aliphatic heterocycles. The van der Waals surface area contributed by atoms with Crippen LogP contribution in [0.15, 0.2) is 111 Å². The van der Waals surface area contributed by atoms with Gasteiger partial charge in [0.05, 0.1) is 27.1 Å². The molecule has 0 saturated heterocycles. The second-order valence-corrected chi connectivity index (χ2v) is 9.27. The van der Waals surface area contributed by atoms with Crippen molar-refractivity contribution in [1.29, 1.82) is 0 Å². The Kier molecular flexibility index (Phi) is 6.55. The lowest BCUT2D eigenvalue weighted by Gasteiger charge is -2.09. The van der Waals surface area contributed by atoms with Crippen molar-refractivity contribution in [2.24, 2.45) is 5.10 Å². The van der Waals surface area contributed by atoms with Crippen molar-refractivity contribution in [1.82, 2.24) is 9.66 Å². The van der Waals surface area contributed by atoms with Crippen molar-refractivity contribution < 1.29 is 14.1 Å². The second-order valence-electron chi connectivity index (χ2n) is 8.86. The molecule has 6 aromatic rings. The number of aromatic nitrogens is 2. The van der Waals surface area contributed by atoms with Gasteiger partial charge in [-0.25, -0.2) is 4.98 Å². The standard InChI is InChI=1S/C30H19ClN4O5/c31-24-15-20(11-14-27(24)39-18-19-9-12-22(13-10-19)35(37)38)17-32-34-29(28-16-21-5-1-4-8-26(21)40-28)33-25-7-3-2-6-23(25)30(34)36/h1-17H,18H2. The first kappa shape index (κ1) is 25.0. The number of non-ortho nitro benzene ring substituents is 1. The van der Waals surface area contributed by atoms with Crippen LogP contribution < -0.4 is 10.3 Å². The van der Waals surface area contributed by atoms with E-state index >= 15 is 0 Å². The number of fused-ring (bicyclic) bond motifs is 2. The summed E-state index contributed by atoms with van der Waals surface area (Å²) in [7, 11) is 0. The number of nitrogens with zero attached hydrogens (tertiary/aromatic N) is 4. The highest BCUT2D eigenvalue weighted by atomic mass is 35.5. The molecule has 0 spiro atoms. The van der Waals surface area contributed by atoms with Crippen LogP contribution in [0.3, 0.4) is 0 Å². The van der Waals surface area contributed by atoms with Gasteiger partial charge in [-0.2, -0.15) is 9.78 Å². The lowest BCUT2D eigenvalue weighted by Crippen LogP contribution is -2.20. The molecule has 0 amide bonds. The smallest absolute Gasteiger partial charge is 0.282 e. The van der Waals surface area contributed by atoms with Crippen LogP contribution in [0.4, 0.5) is 5.69 Å². The topological polar surface area (TPSA) is 113 Å². The molecule has 6 rings (SSSR count). The van der Waals surface area contributed by atoms with Gasteiger partial charge in [0.1, 0.15) is 17.9 Å². The lowest BCUT2D eigenvalue weighted by molar-refractivity contribution is -0.384. The summed E-state index contributed by atoms with van der Waals surface area (Å²) in [6.45, 7) is 0.185. The van der Waals surface area contributed by atoms with Crippen molar-refractivity contribution in [2.45, 2.75) is 6.61 Å². The van der Waals surface area contributed by atoms with E-state index in [1.54, 1.807) is 48.5 Å². The molecule has 0 aliphatic carbocycles. The van der Waals surface area contributed by atoms with E-state index in [0.29, 0.717) is 38.6 Å². The number of halogens is 1. The summed E-state index contributed by atoms with van der Waals surface area (Å²) in [6, 6.07) is 27.6. The third-order valence-corrected chi connectivity index (χ3v) is 6.51. The summed E-state index contributed by atoms with van der Waals surface area (Å²) >= 11 is 6.45. The Morgan fingerprint density at radius 1 is 1.00 bits per heavy atom. The van der Waals surface area contributed by atoms with Crippen LogP contribution in [-0.4, -0.2) is 20.8 Å². The first-order valence-electron chi connectivity index (χ1n) is 12.2. The summed E-state index contributed by atoms with van der Waals surface area (Å²) in [5, 5.41) is 16.9. The fraction of sp³-hybridized carbons (Fsp3) is 0.0333. The van der Waals surface area contributed by atoms with Gasteiger partial charge in [-0.15, -0.1) is 0 Å². The predicted molar refractivity (Wildman–Crippen MR) is 153 cm³/mol. The quantitative estimate of drug-likeness (QED) is 0.122. The van der Waals surface area contributed by atoms with Crippen molar-refractivity contribution in [3.05, 3.63) is 134 Å². The van der Waals surface area contributed by atoms with E-state index < -0.39 is 4.92 Å². The maximum atomic E-state index is 13.4. The molecule has 0 unspecified atom stereocenters. The molecule has 196 valence electrons. The molecule has 9 nitrogen and oxygen atoms in total. The van der Waals surface area contributed by atoms with Gasteiger partial charge in [-0.3, -0.25) is 14.9 Å². The zero-order chi connectivity index (χ0) is 27.6. The molecule has 0 aliphatic rings. The number of furan rings is 1. The van der Waals surface area contributed by atoms with E-state index in [-0.39, 0.29) is 23.7 Å². The number of ether oxygens (including phenoxy) is 1. The van der Waals surface area contributed by atoms with Crippen LogP contribution in [0, 0.1) is 10.1 Å². The maximum Gasteiger partial charge on any atom is 0.282 e. The Morgan fingerprint density at radius 3 is 2.55 bits per heavy atom. The Balaban J connectivity index is 1.30. The lowest BCUT2D eigenvalue weighted by atomic mass is 10.2. The van der Waals surface area contributed by atoms with E-state index in [4.69, 9.17) is 20.8 Å². The SMILES string of the molecule is O=c1c2ccccc2nc(-c2cc3ccccc3o2)n1N=Cc1ccc(OCc2ccc([N+](=O)[O-])cc2)c(Cl)c1. The Bertz CT molecular complexity index is 1950. The fourth-order valence-corrected chi connectivity index (χ4v) is 4.44. The van der Waals surface area contributed by atoms with Gasteiger partial charge in [0.2, 0.25) is 5.82 Å². The molecule has 0 radical (unpaired) electrons. The van der Waals surface area contributed by atoms with E-state index in [0.717, 1.165) is 10.9 Å². The van der Waals surface area contributed by atoms with Crippen LogP contribution in [0.1, 0.15) is 11.1 Å². The third kappa shape index (κ3) is 4.93. The van der Waals surface area contributed by atoms with Gasteiger partial charge in [-0.1, -0.05) is 41.9 Å². The Hall–Kier alpha value is -5.28. The van der Waals surface area contributed by atoms with Gasteiger partial charge in [0.15, 0.2) is 5.76 Å². The Labute approximate surface area is 231 Å². The summed E-state index contributed by atoms with van der Waals surface area (Å²) in [5.74, 6) is 1.11. The molecule has 0 N–H and O–H groups in total. The minimum absolute atomic E-state index is 0.00891. The van der Waals surface area contributed by atoms with Gasteiger partial charge >= 0.3 is 0 Å². The molecule has 0 bridgehead atoms. The minimum atomic E-state index is -0.455. The number of rotatable bonds is 7. The third-order valence-electron chi connectivity index (χ3n) is 6.22. The highest BCUT2D eigenvalue weighted by molar-refractivity contribution is 6.32. The first-order valence-corrected chi connectivity index (χ1v) is 12.5. The number of hydrogen-bond acceptors (Lipinski definition) is 7. The molecule has 0 saturated carbocycles. The van der Waals surface area contributed by atoms with Gasteiger partial charge in [0.25, 0.3) is 11.2 Å². The van der Waals surface area contributed by atoms with Crippen molar-refractivity contribution >= 4 is 45.4 Å². The summed E-state index contributed by atoms with van der Waals surface area (Å²) in [6.07, 6.45) is 1.51. The van der Waals surface area contributed by atoms with Crippen molar-refractivity contribution in [3.63, 3.8) is 0 Å². The number of para-hydroxylation sites is 2. The fourth-order valence-electron chi connectivity index (χ4n) is 4.20. The highest BCUT2D eigenvalue weighted by Crippen LogP contribution is 2.28. The molecule has 0 atom stereocenters. The van der Waals surface area contributed by atoms with E-state index in [2.05, 4.69) is 10.1 Å². The average molecular weight is 551 g/mol. The van der Waals surface area contributed by atoms with E-state index in [1.165, 1.54) is 23.0 Å². The monoisotopic (exact) mass is 550 g/mol. The molecule has 2 aromatic heterocycles. The van der Waals surface area contributed by atoms with Crippen LogP contribution in [0.25, 0.3) is 33.5 Å². The van der Waals surface area contributed by atoms with Gasteiger partial charge < -0.3 is 9.15 Å². The zero-order valence-electron chi connectivity index (χ0n) is 20.7. The van der Waals surface area contributed by atoms with Gasteiger partial charge in [0, 0.05) is 17.5 Å². The summed E-state index contributed by atoms with van der Waals surface area (Å²) < 4.78 is 13.0. The van der Waals surface area contributed by atoms with Crippen LogP contribution in [0.5, 0.6) is 5.75 Å². The normalized spacial score (nSPS) is 11.4. The molecule has 0 fully saturated rings. The molecule has 2 heterocycles. The minimum Gasteiger partial charge on any atom is -0.487 e. The van der Waals surface area contributed by atoms with Crippen LogP contribution >= 0.6 is 11.6 Å². The molecule has 4 aromatic carbocycles. The predicted octanol–water partition coefficient (Wildman–Crippen LogP) is 6.83. The number of hydrogen-bond donors (Lipinski definition) is 0. The molecule has 10 heteroatoms. The van der Waals surface area contributed by atoms with Crippen molar-refractivity contribution in [3.8, 4) is 17.3 Å². The summed E-state index contributed by atoms with van der Waals surface area (Å²) in [5.41, 5.74) is 2.26. The number of nitro groups is 1. The van der Waals surface area contributed by atoms with Crippen LogP contribution in [0.2, 0.25) is 5.02 Å². The molecular formula is C30H19ClN4O5. The first-order chi connectivity index (χ1) is 19.5. The van der Waals surface area contributed by atoms with E-state index in [9.17, 15) is 14.9 Å². The second kappa shape index (κ2) is 10.5.